The number of nitrogens with zero attached hydrogens (tertiary/aromatic N) is 4. The van der Waals surface area contributed by atoms with Crippen LogP contribution in [0, 0.1) is 6.92 Å². The molecule has 7 heteroatoms. The number of rotatable bonds is 6. The molecule has 0 amide bonds. The lowest BCUT2D eigenvalue weighted by atomic mass is 10.3. The lowest BCUT2D eigenvalue weighted by Crippen LogP contribution is -2.30. The van der Waals surface area contributed by atoms with E-state index < -0.39 is 0 Å². The van der Waals surface area contributed by atoms with E-state index in [9.17, 15) is 0 Å². The van der Waals surface area contributed by atoms with Crippen molar-refractivity contribution in [2.75, 3.05) is 0 Å². The Morgan fingerprint density at radius 1 is 1.48 bits per heavy atom. The Hall–Kier alpha value is -1.99. The van der Waals surface area contributed by atoms with Crippen molar-refractivity contribution in [2.45, 2.75) is 33.0 Å². The lowest BCUT2D eigenvalue weighted by Gasteiger charge is -2.11. The Morgan fingerprint density at radius 3 is 3.10 bits per heavy atom. The first-order chi connectivity index (χ1) is 10.2. The van der Waals surface area contributed by atoms with Gasteiger partial charge in [-0.1, -0.05) is 11.2 Å². The Kier molecular flexibility index (Phi) is 4.12. The zero-order valence-electron chi connectivity index (χ0n) is 12.0. The first kappa shape index (κ1) is 14.0. The zero-order chi connectivity index (χ0) is 14.7. The minimum absolute atomic E-state index is 0.265. The normalized spacial score (nSPS) is 12.7. The van der Waals surface area contributed by atoms with Gasteiger partial charge in [-0.15, -0.1) is 11.3 Å². The molecule has 0 radical (unpaired) electrons. The largest absolute Gasteiger partial charge is 0.338 e. The molecule has 0 aliphatic carbocycles. The van der Waals surface area contributed by atoms with E-state index >= 15 is 0 Å². The molecule has 0 bridgehead atoms. The van der Waals surface area contributed by atoms with E-state index in [0.29, 0.717) is 18.3 Å². The monoisotopic (exact) mass is 303 g/mol. The standard InChI is InChI=1S/C14H17N5OS/c1-10-6-16-19(8-10)9-11(2)15-7-13-17-14(18-20-13)12-4-3-5-21-12/h3-6,8,11,15H,7,9H2,1-2H3/t11-/m0/s1. The highest BCUT2D eigenvalue weighted by atomic mass is 32.1. The molecule has 1 atom stereocenters. The summed E-state index contributed by atoms with van der Waals surface area (Å²) >= 11 is 1.60. The van der Waals surface area contributed by atoms with Crippen molar-refractivity contribution in [1.82, 2.24) is 25.2 Å². The lowest BCUT2D eigenvalue weighted by molar-refractivity contribution is 0.350. The van der Waals surface area contributed by atoms with E-state index in [-0.39, 0.29) is 6.04 Å². The number of nitrogens with one attached hydrogen (secondary N) is 1. The Balaban J connectivity index is 1.53. The third kappa shape index (κ3) is 3.56. The summed E-state index contributed by atoms with van der Waals surface area (Å²) in [6.45, 7) is 5.50. The van der Waals surface area contributed by atoms with Crippen molar-refractivity contribution < 1.29 is 4.52 Å². The molecule has 3 aromatic heterocycles. The second-order valence-corrected chi connectivity index (χ2v) is 5.96. The summed E-state index contributed by atoms with van der Waals surface area (Å²) in [5.41, 5.74) is 1.17. The highest BCUT2D eigenvalue weighted by molar-refractivity contribution is 7.13. The summed E-state index contributed by atoms with van der Waals surface area (Å²) in [6.07, 6.45) is 3.89. The highest BCUT2D eigenvalue weighted by Gasteiger charge is 2.10. The summed E-state index contributed by atoms with van der Waals surface area (Å²) in [5.74, 6) is 1.25. The predicted molar refractivity (Wildman–Crippen MR) is 80.9 cm³/mol. The molecule has 21 heavy (non-hydrogen) atoms. The van der Waals surface area contributed by atoms with Crippen LogP contribution < -0.4 is 5.32 Å². The number of thiophene rings is 1. The van der Waals surface area contributed by atoms with Crippen molar-refractivity contribution in [1.29, 1.82) is 0 Å². The van der Waals surface area contributed by atoms with Gasteiger partial charge in [-0.3, -0.25) is 4.68 Å². The SMILES string of the molecule is Cc1cnn(C[C@H](C)NCc2nc(-c3cccs3)no2)c1. The molecule has 0 aliphatic rings. The van der Waals surface area contributed by atoms with Crippen LogP contribution in [0.4, 0.5) is 0 Å². The van der Waals surface area contributed by atoms with Gasteiger partial charge in [-0.05, 0) is 30.9 Å². The fourth-order valence-electron chi connectivity index (χ4n) is 2.01. The summed E-state index contributed by atoms with van der Waals surface area (Å²) in [7, 11) is 0. The maximum Gasteiger partial charge on any atom is 0.240 e. The van der Waals surface area contributed by atoms with E-state index in [1.54, 1.807) is 11.3 Å². The van der Waals surface area contributed by atoms with Crippen LogP contribution in [0.25, 0.3) is 10.7 Å². The van der Waals surface area contributed by atoms with Crippen molar-refractivity contribution >= 4 is 11.3 Å². The molecule has 0 aromatic carbocycles. The Morgan fingerprint density at radius 2 is 2.38 bits per heavy atom. The van der Waals surface area contributed by atoms with E-state index in [0.717, 1.165) is 11.4 Å². The molecule has 0 fully saturated rings. The van der Waals surface area contributed by atoms with Gasteiger partial charge in [0.05, 0.1) is 24.2 Å². The molecule has 0 saturated carbocycles. The highest BCUT2D eigenvalue weighted by Crippen LogP contribution is 2.21. The maximum absolute atomic E-state index is 5.25. The fourth-order valence-corrected chi connectivity index (χ4v) is 2.66. The number of hydrogen-bond donors (Lipinski definition) is 1. The van der Waals surface area contributed by atoms with Crippen LogP contribution in [0.5, 0.6) is 0 Å². The Labute approximate surface area is 126 Å². The average molecular weight is 303 g/mol. The van der Waals surface area contributed by atoms with Crippen molar-refractivity contribution in [3.05, 3.63) is 41.4 Å². The van der Waals surface area contributed by atoms with Crippen LogP contribution in [-0.2, 0) is 13.1 Å². The predicted octanol–water partition coefficient (Wildman–Crippen LogP) is 2.48. The van der Waals surface area contributed by atoms with Crippen molar-refractivity contribution in [3.63, 3.8) is 0 Å². The zero-order valence-corrected chi connectivity index (χ0v) is 12.8. The summed E-state index contributed by atoms with van der Waals surface area (Å²) in [5, 5.41) is 13.6. The molecular formula is C14H17N5OS. The topological polar surface area (TPSA) is 68.8 Å². The van der Waals surface area contributed by atoms with Gasteiger partial charge >= 0.3 is 0 Å². The van der Waals surface area contributed by atoms with E-state index in [2.05, 4.69) is 27.5 Å². The van der Waals surface area contributed by atoms with Crippen LogP contribution in [-0.4, -0.2) is 26.0 Å². The molecule has 6 nitrogen and oxygen atoms in total. The van der Waals surface area contributed by atoms with Crippen LogP contribution in [0.1, 0.15) is 18.4 Å². The van der Waals surface area contributed by atoms with Gasteiger partial charge in [0.15, 0.2) is 0 Å². The van der Waals surface area contributed by atoms with Gasteiger partial charge in [-0.25, -0.2) is 0 Å². The Bertz CT molecular complexity index is 688. The summed E-state index contributed by atoms with van der Waals surface area (Å²) in [4.78, 5) is 5.40. The number of aryl methyl sites for hydroxylation is 1. The van der Waals surface area contributed by atoms with Gasteiger partial charge in [0.25, 0.3) is 0 Å². The fraction of sp³-hybridized carbons (Fsp3) is 0.357. The third-order valence-electron chi connectivity index (χ3n) is 3.03. The van der Waals surface area contributed by atoms with Crippen molar-refractivity contribution in [3.8, 4) is 10.7 Å². The second kappa shape index (κ2) is 6.19. The van der Waals surface area contributed by atoms with Crippen LogP contribution in [0.15, 0.2) is 34.4 Å². The molecule has 0 aliphatic heterocycles. The molecule has 3 rings (SSSR count). The van der Waals surface area contributed by atoms with Gasteiger partial charge in [0, 0.05) is 12.2 Å². The smallest absolute Gasteiger partial charge is 0.240 e. The van der Waals surface area contributed by atoms with Crippen molar-refractivity contribution in [2.24, 2.45) is 0 Å². The summed E-state index contributed by atoms with van der Waals surface area (Å²) < 4.78 is 7.18. The molecule has 0 saturated heterocycles. The first-order valence-electron chi connectivity index (χ1n) is 6.79. The molecule has 3 aromatic rings. The minimum atomic E-state index is 0.265. The maximum atomic E-state index is 5.25. The molecule has 0 spiro atoms. The third-order valence-corrected chi connectivity index (χ3v) is 3.90. The molecule has 1 N–H and O–H groups in total. The van der Waals surface area contributed by atoms with Crippen LogP contribution in [0.2, 0.25) is 0 Å². The van der Waals surface area contributed by atoms with Gasteiger partial charge in [0.2, 0.25) is 11.7 Å². The van der Waals surface area contributed by atoms with Crippen LogP contribution in [0.3, 0.4) is 0 Å². The van der Waals surface area contributed by atoms with E-state index in [1.807, 2.05) is 41.5 Å². The van der Waals surface area contributed by atoms with Gasteiger partial charge < -0.3 is 9.84 Å². The number of hydrogen-bond acceptors (Lipinski definition) is 6. The first-order valence-corrected chi connectivity index (χ1v) is 7.67. The number of aromatic nitrogens is 4. The van der Waals surface area contributed by atoms with Gasteiger partial charge in [0.1, 0.15) is 0 Å². The van der Waals surface area contributed by atoms with Crippen LogP contribution >= 0.6 is 11.3 Å². The van der Waals surface area contributed by atoms with E-state index in [4.69, 9.17) is 4.52 Å². The molecular weight excluding hydrogens is 286 g/mol. The second-order valence-electron chi connectivity index (χ2n) is 5.01. The van der Waals surface area contributed by atoms with E-state index in [1.165, 1.54) is 5.56 Å². The quantitative estimate of drug-likeness (QED) is 0.757. The molecule has 110 valence electrons. The van der Waals surface area contributed by atoms with Gasteiger partial charge in [-0.2, -0.15) is 10.1 Å². The average Bonchev–Trinajstić information content (AvgIpc) is 3.17. The minimum Gasteiger partial charge on any atom is -0.338 e. The molecule has 0 unspecified atom stereocenters. The summed E-state index contributed by atoms with van der Waals surface area (Å²) in [6, 6.07) is 4.22. The molecule has 3 heterocycles.